The fourth-order valence-electron chi connectivity index (χ4n) is 1.43. The molecule has 0 aromatic heterocycles. The van der Waals surface area contributed by atoms with Gasteiger partial charge in [0.25, 0.3) is 0 Å². The van der Waals surface area contributed by atoms with Crippen molar-refractivity contribution in [3.63, 3.8) is 0 Å². The summed E-state index contributed by atoms with van der Waals surface area (Å²) in [7, 11) is 0. The number of amides is 1. The van der Waals surface area contributed by atoms with Crippen LogP contribution < -0.4 is 11.1 Å². The molecule has 0 aliphatic carbocycles. The Morgan fingerprint density at radius 1 is 1.50 bits per heavy atom. The summed E-state index contributed by atoms with van der Waals surface area (Å²) in [6, 6.07) is -0.395. The number of aliphatic hydroxyl groups is 1. The maximum absolute atomic E-state index is 10.7. The first kappa shape index (κ1) is 13.4. The molecular weight excluding hydrogens is 180 g/mol. The maximum Gasteiger partial charge on any atom is 0.234 e. The molecule has 84 valence electrons. The first-order valence-corrected chi connectivity index (χ1v) is 4.99. The van der Waals surface area contributed by atoms with Crippen LogP contribution in [0.5, 0.6) is 0 Å². The van der Waals surface area contributed by atoms with E-state index in [1.165, 1.54) is 0 Å². The van der Waals surface area contributed by atoms with E-state index in [2.05, 4.69) is 5.32 Å². The van der Waals surface area contributed by atoms with Crippen LogP contribution in [-0.2, 0) is 4.79 Å². The third kappa shape index (κ3) is 5.94. The summed E-state index contributed by atoms with van der Waals surface area (Å²) in [5.74, 6) is 0.0287. The molecule has 0 rings (SSSR count). The highest BCUT2D eigenvalue weighted by molar-refractivity contribution is 5.79. The van der Waals surface area contributed by atoms with Gasteiger partial charge in [-0.3, -0.25) is 4.79 Å². The van der Waals surface area contributed by atoms with Gasteiger partial charge in [0.2, 0.25) is 5.91 Å². The van der Waals surface area contributed by atoms with Gasteiger partial charge in [0, 0.05) is 6.54 Å². The Balaban J connectivity index is 3.92. The van der Waals surface area contributed by atoms with E-state index < -0.39 is 17.6 Å². The lowest BCUT2D eigenvalue weighted by Crippen LogP contribution is -2.47. The van der Waals surface area contributed by atoms with E-state index in [0.29, 0.717) is 18.9 Å². The predicted octanol–water partition coefficient (Wildman–Crippen LogP) is 0.247. The fraction of sp³-hybridized carbons (Fsp3) is 0.900. The summed E-state index contributed by atoms with van der Waals surface area (Å²) in [4.78, 5) is 10.7. The van der Waals surface area contributed by atoms with Gasteiger partial charge < -0.3 is 16.2 Å². The van der Waals surface area contributed by atoms with Gasteiger partial charge in [0.05, 0.1) is 11.6 Å². The van der Waals surface area contributed by atoms with Crippen molar-refractivity contribution in [1.82, 2.24) is 5.32 Å². The SMILES string of the molecule is CC(C)CC(C)(O)CNC(C)C(N)=O. The van der Waals surface area contributed by atoms with E-state index in [1.807, 2.05) is 13.8 Å². The Bertz CT molecular complexity index is 191. The molecule has 0 aliphatic heterocycles. The minimum atomic E-state index is -0.780. The second-order valence-corrected chi connectivity index (χ2v) is 4.60. The molecular formula is C10H22N2O2. The summed E-state index contributed by atoms with van der Waals surface area (Å²) in [6.45, 7) is 7.93. The maximum atomic E-state index is 10.7. The van der Waals surface area contributed by atoms with Crippen LogP contribution in [0.4, 0.5) is 0 Å². The Hall–Kier alpha value is -0.610. The molecule has 1 amide bonds. The van der Waals surface area contributed by atoms with Crippen molar-refractivity contribution >= 4 is 5.91 Å². The van der Waals surface area contributed by atoms with Gasteiger partial charge in [-0.2, -0.15) is 0 Å². The Morgan fingerprint density at radius 3 is 2.36 bits per heavy atom. The fourth-order valence-corrected chi connectivity index (χ4v) is 1.43. The lowest BCUT2D eigenvalue weighted by molar-refractivity contribution is -0.119. The van der Waals surface area contributed by atoms with Crippen LogP contribution in [-0.4, -0.2) is 29.2 Å². The van der Waals surface area contributed by atoms with Crippen LogP contribution in [0.1, 0.15) is 34.1 Å². The zero-order valence-electron chi connectivity index (χ0n) is 9.50. The summed E-state index contributed by atoms with van der Waals surface area (Å²) in [6.07, 6.45) is 0.700. The molecule has 4 N–H and O–H groups in total. The van der Waals surface area contributed by atoms with Crippen molar-refractivity contribution in [2.45, 2.75) is 45.8 Å². The van der Waals surface area contributed by atoms with Crippen molar-refractivity contribution in [2.75, 3.05) is 6.54 Å². The van der Waals surface area contributed by atoms with E-state index in [4.69, 9.17) is 5.73 Å². The lowest BCUT2D eigenvalue weighted by Gasteiger charge is -2.26. The van der Waals surface area contributed by atoms with Crippen LogP contribution in [0.15, 0.2) is 0 Å². The first-order chi connectivity index (χ1) is 6.24. The van der Waals surface area contributed by atoms with Crippen LogP contribution in [0.3, 0.4) is 0 Å². The van der Waals surface area contributed by atoms with Crippen molar-refractivity contribution in [3.05, 3.63) is 0 Å². The number of carbonyl (C=O) groups is 1. The molecule has 0 aromatic rings. The zero-order chi connectivity index (χ0) is 11.4. The van der Waals surface area contributed by atoms with Gasteiger partial charge in [0.15, 0.2) is 0 Å². The Morgan fingerprint density at radius 2 is 2.00 bits per heavy atom. The quantitative estimate of drug-likeness (QED) is 0.578. The average Bonchev–Trinajstić information content (AvgIpc) is 1.97. The van der Waals surface area contributed by atoms with E-state index in [0.717, 1.165) is 0 Å². The first-order valence-electron chi connectivity index (χ1n) is 4.99. The molecule has 4 nitrogen and oxygen atoms in total. The highest BCUT2D eigenvalue weighted by Gasteiger charge is 2.22. The molecule has 0 spiro atoms. The van der Waals surface area contributed by atoms with Crippen LogP contribution in [0.25, 0.3) is 0 Å². The molecule has 0 fully saturated rings. The molecule has 2 atom stereocenters. The van der Waals surface area contributed by atoms with Gasteiger partial charge in [-0.15, -0.1) is 0 Å². The average molecular weight is 202 g/mol. The van der Waals surface area contributed by atoms with Gasteiger partial charge in [-0.1, -0.05) is 13.8 Å². The second-order valence-electron chi connectivity index (χ2n) is 4.60. The van der Waals surface area contributed by atoms with Crippen molar-refractivity contribution in [2.24, 2.45) is 11.7 Å². The molecule has 14 heavy (non-hydrogen) atoms. The summed E-state index contributed by atoms with van der Waals surface area (Å²) in [5, 5.41) is 12.8. The van der Waals surface area contributed by atoms with Gasteiger partial charge in [0.1, 0.15) is 0 Å². The number of nitrogens with two attached hydrogens (primary N) is 1. The minimum absolute atomic E-state index is 0.384. The largest absolute Gasteiger partial charge is 0.389 e. The predicted molar refractivity (Wildman–Crippen MR) is 56.7 cm³/mol. The third-order valence-corrected chi connectivity index (χ3v) is 2.06. The highest BCUT2D eigenvalue weighted by atomic mass is 16.3. The second kappa shape index (κ2) is 5.32. The number of rotatable bonds is 6. The van der Waals surface area contributed by atoms with E-state index in [9.17, 15) is 9.90 Å². The number of nitrogens with one attached hydrogen (secondary N) is 1. The zero-order valence-corrected chi connectivity index (χ0v) is 9.50. The lowest BCUT2D eigenvalue weighted by atomic mass is 9.94. The van der Waals surface area contributed by atoms with Crippen molar-refractivity contribution in [3.8, 4) is 0 Å². The molecule has 0 aliphatic rings. The molecule has 0 radical (unpaired) electrons. The third-order valence-electron chi connectivity index (χ3n) is 2.06. The summed E-state index contributed by atoms with van der Waals surface area (Å²) in [5.41, 5.74) is 4.30. The standard InChI is InChI=1S/C10H22N2O2/c1-7(2)5-10(4,14)6-12-8(3)9(11)13/h7-8,12,14H,5-6H2,1-4H3,(H2,11,13). The number of hydrogen-bond donors (Lipinski definition) is 3. The topological polar surface area (TPSA) is 75.3 Å². The highest BCUT2D eigenvalue weighted by Crippen LogP contribution is 2.15. The molecule has 0 bridgehead atoms. The monoisotopic (exact) mass is 202 g/mol. The normalized spacial score (nSPS) is 17.9. The minimum Gasteiger partial charge on any atom is -0.389 e. The molecule has 0 heterocycles. The number of primary amides is 1. The van der Waals surface area contributed by atoms with Gasteiger partial charge >= 0.3 is 0 Å². The Labute approximate surface area is 85.9 Å². The van der Waals surface area contributed by atoms with Gasteiger partial charge in [-0.05, 0) is 26.2 Å². The smallest absolute Gasteiger partial charge is 0.234 e. The van der Waals surface area contributed by atoms with Crippen molar-refractivity contribution in [1.29, 1.82) is 0 Å². The summed E-state index contributed by atoms with van der Waals surface area (Å²) >= 11 is 0. The molecule has 0 aromatic carbocycles. The molecule has 0 saturated carbocycles. The van der Waals surface area contributed by atoms with E-state index in [1.54, 1.807) is 13.8 Å². The van der Waals surface area contributed by atoms with Crippen molar-refractivity contribution < 1.29 is 9.90 Å². The van der Waals surface area contributed by atoms with Crippen LogP contribution >= 0.6 is 0 Å². The number of carbonyl (C=O) groups excluding carboxylic acids is 1. The number of hydrogen-bond acceptors (Lipinski definition) is 3. The molecule has 4 heteroatoms. The van der Waals surface area contributed by atoms with Crippen LogP contribution in [0, 0.1) is 5.92 Å². The molecule has 2 unspecified atom stereocenters. The summed E-state index contributed by atoms with van der Waals surface area (Å²) < 4.78 is 0. The van der Waals surface area contributed by atoms with E-state index in [-0.39, 0.29) is 0 Å². The molecule has 0 saturated heterocycles. The van der Waals surface area contributed by atoms with Crippen LogP contribution in [0.2, 0.25) is 0 Å². The van der Waals surface area contributed by atoms with Gasteiger partial charge in [-0.25, -0.2) is 0 Å². The van der Waals surface area contributed by atoms with E-state index >= 15 is 0 Å². The Kier molecular flexibility index (Phi) is 5.08.